The average molecular weight is 455 g/mol. The van der Waals surface area contributed by atoms with Crippen LogP contribution < -0.4 is 16.0 Å². The largest absolute Gasteiger partial charge is 0.367 e. The number of aromatic nitrogens is 3. The van der Waals surface area contributed by atoms with Gasteiger partial charge >= 0.3 is 0 Å². The van der Waals surface area contributed by atoms with E-state index in [0.29, 0.717) is 46.2 Å². The lowest BCUT2D eigenvalue weighted by molar-refractivity contribution is -0.118. The second-order valence-electron chi connectivity index (χ2n) is 7.72. The molecule has 5 rings (SSSR count). The number of allylic oxidation sites excluding steroid dienone is 1. The van der Waals surface area contributed by atoms with E-state index < -0.39 is 0 Å². The van der Waals surface area contributed by atoms with E-state index in [1.54, 1.807) is 16.8 Å². The molecule has 9 heteroatoms. The highest BCUT2D eigenvalue weighted by molar-refractivity contribution is 6.42. The minimum absolute atomic E-state index is 0.0578. The summed E-state index contributed by atoms with van der Waals surface area (Å²) >= 11 is 12.5. The number of hydrogen-bond acceptors (Lipinski definition) is 5. The molecule has 0 spiro atoms. The highest BCUT2D eigenvalue weighted by Crippen LogP contribution is 2.30. The van der Waals surface area contributed by atoms with Crippen molar-refractivity contribution in [2.75, 3.05) is 10.6 Å². The summed E-state index contributed by atoms with van der Waals surface area (Å²) in [5, 5.41) is 15.1. The fourth-order valence-electron chi connectivity index (χ4n) is 3.48. The molecule has 1 aliphatic carbocycles. The van der Waals surface area contributed by atoms with Crippen LogP contribution in [0.25, 0.3) is 11.7 Å². The number of anilines is 2. The Morgan fingerprint density at radius 2 is 2.16 bits per heavy atom. The van der Waals surface area contributed by atoms with Gasteiger partial charge in [0, 0.05) is 29.9 Å². The highest BCUT2D eigenvalue weighted by Gasteiger charge is 2.24. The van der Waals surface area contributed by atoms with Crippen molar-refractivity contribution in [3.05, 3.63) is 69.5 Å². The van der Waals surface area contributed by atoms with Crippen LogP contribution >= 0.6 is 23.2 Å². The third-order valence-corrected chi connectivity index (χ3v) is 6.14. The van der Waals surface area contributed by atoms with Crippen molar-refractivity contribution in [2.24, 2.45) is 0 Å². The van der Waals surface area contributed by atoms with E-state index >= 15 is 0 Å². The fraction of sp³-hybridized carbons (Fsp3) is 0.227. The van der Waals surface area contributed by atoms with E-state index in [0.717, 1.165) is 35.4 Å². The van der Waals surface area contributed by atoms with Crippen LogP contribution in [-0.2, 0) is 11.3 Å². The third kappa shape index (κ3) is 4.11. The molecule has 158 valence electrons. The monoisotopic (exact) mass is 454 g/mol. The van der Waals surface area contributed by atoms with Gasteiger partial charge < -0.3 is 16.0 Å². The highest BCUT2D eigenvalue weighted by atomic mass is 35.5. The standard InChI is InChI=1S/C22H20Cl2N6O/c1-12-14(8-20(31)27-12)7-15-11-26-30-19(28-16-5-6-16)9-18(29-22(15)30)25-10-13-3-2-4-17(23)21(13)24/h2-4,7,9,11,16,28H,1,5-6,8,10H2,(H,25,29)(H,27,31)/b14-7+. The number of fused-ring (bicyclic) bond motifs is 1. The Kier molecular flexibility index (Phi) is 5.08. The van der Waals surface area contributed by atoms with Crippen LogP contribution in [0, 0.1) is 0 Å². The summed E-state index contributed by atoms with van der Waals surface area (Å²) in [4.78, 5) is 16.4. The van der Waals surface area contributed by atoms with Crippen molar-refractivity contribution < 1.29 is 4.79 Å². The van der Waals surface area contributed by atoms with Gasteiger partial charge in [0.2, 0.25) is 5.91 Å². The maximum absolute atomic E-state index is 11.7. The molecule has 0 unspecified atom stereocenters. The maximum atomic E-state index is 11.7. The zero-order valence-corrected chi connectivity index (χ0v) is 18.1. The first-order chi connectivity index (χ1) is 15.0. The van der Waals surface area contributed by atoms with E-state index in [1.165, 1.54) is 0 Å². The van der Waals surface area contributed by atoms with E-state index in [-0.39, 0.29) is 5.91 Å². The predicted octanol–water partition coefficient (Wildman–Crippen LogP) is 4.64. The average Bonchev–Trinajstić information content (AvgIpc) is 3.37. The second kappa shape index (κ2) is 7.90. The second-order valence-corrected chi connectivity index (χ2v) is 8.51. The number of nitrogens with one attached hydrogen (secondary N) is 3. The van der Waals surface area contributed by atoms with Gasteiger partial charge in [0.15, 0.2) is 5.65 Å². The number of benzene rings is 1. The number of hydrogen-bond donors (Lipinski definition) is 3. The van der Waals surface area contributed by atoms with Crippen LogP contribution in [0.3, 0.4) is 0 Å². The van der Waals surface area contributed by atoms with Gasteiger partial charge in [0.25, 0.3) is 0 Å². The maximum Gasteiger partial charge on any atom is 0.228 e. The van der Waals surface area contributed by atoms with Crippen LogP contribution in [0.2, 0.25) is 10.0 Å². The lowest BCUT2D eigenvalue weighted by Gasteiger charge is -2.12. The molecule has 0 atom stereocenters. The number of carbonyl (C=O) groups excluding carboxylic acids is 1. The Balaban J connectivity index is 1.50. The molecule has 3 aromatic rings. The minimum Gasteiger partial charge on any atom is -0.367 e. The van der Waals surface area contributed by atoms with Crippen LogP contribution in [0.5, 0.6) is 0 Å². The molecule has 0 radical (unpaired) electrons. The molecule has 2 fully saturated rings. The van der Waals surface area contributed by atoms with Crippen molar-refractivity contribution in [3.63, 3.8) is 0 Å². The summed E-state index contributed by atoms with van der Waals surface area (Å²) in [7, 11) is 0. The number of carbonyl (C=O) groups is 1. The van der Waals surface area contributed by atoms with Gasteiger partial charge in [-0.2, -0.15) is 9.61 Å². The predicted molar refractivity (Wildman–Crippen MR) is 123 cm³/mol. The van der Waals surface area contributed by atoms with Crippen molar-refractivity contribution in [2.45, 2.75) is 31.8 Å². The van der Waals surface area contributed by atoms with Gasteiger partial charge in [-0.15, -0.1) is 0 Å². The van der Waals surface area contributed by atoms with Crippen molar-refractivity contribution in [3.8, 4) is 0 Å². The zero-order valence-electron chi connectivity index (χ0n) is 16.6. The van der Waals surface area contributed by atoms with Gasteiger partial charge in [0.1, 0.15) is 11.6 Å². The van der Waals surface area contributed by atoms with Crippen LogP contribution in [0.1, 0.15) is 30.4 Å². The molecule has 2 aromatic heterocycles. The van der Waals surface area contributed by atoms with Crippen molar-refractivity contribution in [1.29, 1.82) is 0 Å². The summed E-state index contributed by atoms with van der Waals surface area (Å²) in [6, 6.07) is 7.94. The molecule has 31 heavy (non-hydrogen) atoms. The molecular formula is C22H20Cl2N6O. The Morgan fingerprint density at radius 1 is 1.32 bits per heavy atom. The molecule has 1 saturated carbocycles. The van der Waals surface area contributed by atoms with E-state index in [4.69, 9.17) is 28.2 Å². The lowest BCUT2D eigenvalue weighted by atomic mass is 10.1. The molecule has 1 aromatic carbocycles. The van der Waals surface area contributed by atoms with Crippen LogP contribution in [-0.4, -0.2) is 26.5 Å². The number of halogens is 2. The van der Waals surface area contributed by atoms with Crippen molar-refractivity contribution in [1.82, 2.24) is 19.9 Å². The molecule has 7 nitrogen and oxygen atoms in total. The molecule has 0 bridgehead atoms. The molecule has 1 saturated heterocycles. The first kappa shape index (κ1) is 19.9. The first-order valence-electron chi connectivity index (χ1n) is 10.00. The summed E-state index contributed by atoms with van der Waals surface area (Å²) in [6.45, 7) is 4.39. The lowest BCUT2D eigenvalue weighted by Crippen LogP contribution is -2.10. The molecular weight excluding hydrogens is 435 g/mol. The van der Waals surface area contributed by atoms with Gasteiger partial charge in [-0.3, -0.25) is 4.79 Å². The normalized spacial score (nSPS) is 17.4. The van der Waals surface area contributed by atoms with Gasteiger partial charge in [-0.05, 0) is 36.1 Å². The van der Waals surface area contributed by atoms with Gasteiger partial charge in [-0.25, -0.2) is 4.98 Å². The molecule has 2 aliphatic rings. The topological polar surface area (TPSA) is 83.4 Å². The molecule has 3 heterocycles. The van der Waals surface area contributed by atoms with Gasteiger partial charge in [0.05, 0.1) is 22.7 Å². The minimum atomic E-state index is -0.0578. The summed E-state index contributed by atoms with van der Waals surface area (Å²) in [6.07, 6.45) is 6.23. The van der Waals surface area contributed by atoms with E-state index in [2.05, 4.69) is 27.6 Å². The summed E-state index contributed by atoms with van der Waals surface area (Å²) in [5.74, 6) is 1.49. The quantitative estimate of drug-likeness (QED) is 0.505. The van der Waals surface area contributed by atoms with E-state index in [1.807, 2.05) is 24.3 Å². The van der Waals surface area contributed by atoms with Crippen LogP contribution in [0.4, 0.5) is 11.6 Å². The Morgan fingerprint density at radius 3 is 2.90 bits per heavy atom. The molecule has 1 aliphatic heterocycles. The SMILES string of the molecule is C=C1NC(=O)C/C1=C\c1cnn2c(NC3CC3)cc(NCc3cccc(Cl)c3Cl)nc12. The number of amides is 1. The Labute approximate surface area is 189 Å². The Hall–Kier alpha value is -3.03. The first-order valence-corrected chi connectivity index (χ1v) is 10.8. The Bertz CT molecular complexity index is 1240. The number of nitrogens with zero attached hydrogens (tertiary/aromatic N) is 3. The number of rotatable bonds is 6. The third-order valence-electron chi connectivity index (χ3n) is 5.28. The molecule has 3 N–H and O–H groups in total. The van der Waals surface area contributed by atoms with E-state index in [9.17, 15) is 4.79 Å². The summed E-state index contributed by atoms with van der Waals surface area (Å²) < 4.78 is 1.79. The fourth-order valence-corrected chi connectivity index (χ4v) is 3.87. The van der Waals surface area contributed by atoms with Gasteiger partial charge in [-0.1, -0.05) is 41.9 Å². The zero-order chi connectivity index (χ0) is 21.5. The molecule has 1 amide bonds. The van der Waals surface area contributed by atoms with Crippen molar-refractivity contribution >= 4 is 52.5 Å². The van der Waals surface area contributed by atoms with Crippen LogP contribution in [0.15, 0.2) is 48.3 Å². The summed E-state index contributed by atoms with van der Waals surface area (Å²) in [5.41, 5.74) is 3.84. The smallest absolute Gasteiger partial charge is 0.228 e.